The molecule has 0 atom stereocenters. The normalized spacial score (nSPS) is 9.64. The molecule has 4 N–H and O–H groups in total. The number of anilines is 1. The highest BCUT2D eigenvalue weighted by Crippen LogP contribution is 2.23. The molecule has 1 aromatic carbocycles. The number of hydrogen-bond donors (Lipinski definition) is 2. The number of rotatable bonds is 1. The molecule has 0 saturated heterocycles. The average Bonchev–Trinajstić information content (AvgIpc) is 1.96. The predicted octanol–water partition coefficient (Wildman–Crippen LogP) is 0.814. The minimum Gasteiger partial charge on any atom is -0.397 e. The molecule has 0 saturated carbocycles. The van der Waals surface area contributed by atoms with Gasteiger partial charge in [0.05, 0.1) is 11.3 Å². The molecule has 0 radical (unpaired) electrons. The predicted molar refractivity (Wildman–Crippen MR) is 58.4 cm³/mol. The van der Waals surface area contributed by atoms with Gasteiger partial charge in [0.15, 0.2) is 6.21 Å². The third kappa shape index (κ3) is 1.93. The Hall–Kier alpha value is -0.100. The van der Waals surface area contributed by atoms with Crippen LogP contribution >= 0.6 is 38.5 Å². The van der Waals surface area contributed by atoms with E-state index in [1.54, 1.807) is 0 Å². The van der Waals surface area contributed by atoms with Crippen molar-refractivity contribution in [3.63, 3.8) is 0 Å². The van der Waals surface area contributed by atoms with Crippen LogP contribution in [0.2, 0.25) is 0 Å². The van der Waals surface area contributed by atoms with Crippen LogP contribution in [0.5, 0.6) is 0 Å². The quantitative estimate of drug-likeness (QED) is 0.448. The topological polar surface area (TPSA) is 51.6 Å². The SMILES string of the molecule is Nc1c(I)cc(Br)cc1C=[NH2+]. The number of nitrogen functional groups attached to an aromatic ring is 1. The first-order chi connectivity index (χ1) is 5.15. The highest BCUT2D eigenvalue weighted by Gasteiger charge is 2.03. The van der Waals surface area contributed by atoms with Crippen LogP contribution in [0.4, 0.5) is 5.69 Å². The lowest BCUT2D eigenvalue weighted by molar-refractivity contribution is -0.104. The molecule has 0 aliphatic carbocycles. The van der Waals surface area contributed by atoms with Gasteiger partial charge < -0.3 is 5.73 Å². The van der Waals surface area contributed by atoms with Crippen molar-refractivity contribution in [3.05, 3.63) is 25.7 Å². The highest BCUT2D eigenvalue weighted by atomic mass is 127. The molecule has 0 aromatic heterocycles. The van der Waals surface area contributed by atoms with E-state index in [2.05, 4.69) is 38.5 Å². The fourth-order valence-corrected chi connectivity index (χ4v) is 2.29. The molecule has 0 unspecified atom stereocenters. The average molecular weight is 326 g/mol. The second-order valence-electron chi connectivity index (χ2n) is 2.06. The fraction of sp³-hybridized carbons (Fsp3) is 0. The zero-order chi connectivity index (χ0) is 8.43. The van der Waals surface area contributed by atoms with Crippen LogP contribution in [-0.2, 0) is 0 Å². The van der Waals surface area contributed by atoms with E-state index in [-0.39, 0.29) is 0 Å². The maximum atomic E-state index is 5.72. The van der Waals surface area contributed by atoms with Crippen LogP contribution < -0.4 is 11.1 Å². The van der Waals surface area contributed by atoms with Crippen molar-refractivity contribution in [1.82, 2.24) is 0 Å². The van der Waals surface area contributed by atoms with Gasteiger partial charge in [-0.25, -0.2) is 0 Å². The minimum absolute atomic E-state index is 0.733. The summed E-state index contributed by atoms with van der Waals surface area (Å²) in [4.78, 5) is 0. The summed E-state index contributed by atoms with van der Waals surface area (Å²) in [6.07, 6.45) is 1.50. The number of nitrogens with two attached hydrogens (primary N) is 2. The first-order valence-electron chi connectivity index (χ1n) is 2.94. The van der Waals surface area contributed by atoms with Gasteiger partial charge in [-0.15, -0.1) is 0 Å². The Balaban J connectivity index is 3.35. The van der Waals surface area contributed by atoms with Gasteiger partial charge in [-0.3, -0.25) is 5.41 Å². The molecule has 0 bridgehead atoms. The minimum atomic E-state index is 0.733. The Morgan fingerprint density at radius 1 is 1.55 bits per heavy atom. The largest absolute Gasteiger partial charge is 0.397 e. The van der Waals surface area contributed by atoms with Gasteiger partial charge in [0, 0.05) is 8.04 Å². The van der Waals surface area contributed by atoms with Crippen molar-refractivity contribution >= 4 is 50.4 Å². The second-order valence-corrected chi connectivity index (χ2v) is 4.14. The monoisotopic (exact) mass is 325 g/mol. The van der Waals surface area contributed by atoms with Crippen LogP contribution in [0.15, 0.2) is 16.6 Å². The summed E-state index contributed by atoms with van der Waals surface area (Å²) >= 11 is 5.52. The lowest BCUT2D eigenvalue weighted by Gasteiger charge is -2.00. The smallest absolute Gasteiger partial charge is 0.169 e. The van der Waals surface area contributed by atoms with Gasteiger partial charge >= 0.3 is 0 Å². The zero-order valence-corrected chi connectivity index (χ0v) is 9.39. The molecule has 0 aliphatic rings. The first kappa shape index (κ1) is 8.99. The number of benzene rings is 1. The van der Waals surface area contributed by atoms with Gasteiger partial charge in [-0.2, -0.15) is 0 Å². The Morgan fingerprint density at radius 2 is 2.18 bits per heavy atom. The van der Waals surface area contributed by atoms with Crippen molar-refractivity contribution in [2.45, 2.75) is 0 Å². The second kappa shape index (κ2) is 3.53. The van der Waals surface area contributed by atoms with Crippen LogP contribution in [0, 0.1) is 3.57 Å². The summed E-state index contributed by atoms with van der Waals surface area (Å²) in [6.45, 7) is 0. The Kier molecular flexibility index (Phi) is 2.89. The summed E-state index contributed by atoms with van der Waals surface area (Å²) in [6, 6.07) is 3.83. The van der Waals surface area contributed by atoms with E-state index in [4.69, 9.17) is 11.1 Å². The number of halogens is 2. The molecule has 0 aliphatic heterocycles. The highest BCUT2D eigenvalue weighted by molar-refractivity contribution is 14.1. The van der Waals surface area contributed by atoms with Crippen molar-refractivity contribution < 1.29 is 5.41 Å². The molecular formula is C7H7BrIN2+. The van der Waals surface area contributed by atoms with Crippen LogP contribution in [-0.4, -0.2) is 6.21 Å². The van der Waals surface area contributed by atoms with Crippen LogP contribution in [0.3, 0.4) is 0 Å². The van der Waals surface area contributed by atoms with Gasteiger partial charge in [0.2, 0.25) is 0 Å². The molecule has 0 heterocycles. The summed E-state index contributed by atoms with van der Waals surface area (Å²) < 4.78 is 2.00. The maximum Gasteiger partial charge on any atom is 0.169 e. The van der Waals surface area contributed by atoms with E-state index in [0.717, 1.165) is 19.3 Å². The van der Waals surface area contributed by atoms with E-state index < -0.39 is 0 Å². The van der Waals surface area contributed by atoms with Crippen molar-refractivity contribution in [2.75, 3.05) is 5.73 Å². The molecule has 11 heavy (non-hydrogen) atoms. The molecule has 0 amide bonds. The van der Waals surface area contributed by atoms with Crippen molar-refractivity contribution in [2.24, 2.45) is 0 Å². The van der Waals surface area contributed by atoms with Gasteiger partial charge in [0.1, 0.15) is 0 Å². The van der Waals surface area contributed by atoms with Gasteiger partial charge in [0.25, 0.3) is 0 Å². The third-order valence-electron chi connectivity index (χ3n) is 1.31. The molecular weight excluding hydrogens is 319 g/mol. The van der Waals surface area contributed by atoms with Crippen molar-refractivity contribution in [1.29, 1.82) is 0 Å². The molecule has 0 spiro atoms. The van der Waals surface area contributed by atoms with E-state index in [9.17, 15) is 0 Å². The summed E-state index contributed by atoms with van der Waals surface area (Å²) in [5.74, 6) is 0. The first-order valence-corrected chi connectivity index (χ1v) is 4.82. The zero-order valence-electron chi connectivity index (χ0n) is 5.64. The van der Waals surface area contributed by atoms with Gasteiger partial charge in [-0.05, 0) is 34.7 Å². The van der Waals surface area contributed by atoms with E-state index in [0.29, 0.717) is 0 Å². The maximum absolute atomic E-state index is 5.72. The van der Waals surface area contributed by atoms with Crippen LogP contribution in [0.1, 0.15) is 5.56 Å². The lowest BCUT2D eigenvalue weighted by Crippen LogP contribution is -2.30. The third-order valence-corrected chi connectivity index (χ3v) is 2.66. The fourth-order valence-electron chi connectivity index (χ4n) is 0.743. The summed E-state index contributed by atoms with van der Waals surface area (Å²) in [5.41, 5.74) is 7.32. The van der Waals surface area contributed by atoms with E-state index in [1.807, 2.05) is 12.1 Å². The Morgan fingerprint density at radius 3 is 2.73 bits per heavy atom. The molecule has 58 valence electrons. The molecule has 1 aromatic rings. The van der Waals surface area contributed by atoms with Crippen LogP contribution in [0.25, 0.3) is 0 Å². The molecule has 1 rings (SSSR count). The van der Waals surface area contributed by atoms with E-state index >= 15 is 0 Å². The van der Waals surface area contributed by atoms with Crippen molar-refractivity contribution in [3.8, 4) is 0 Å². The molecule has 0 fully saturated rings. The van der Waals surface area contributed by atoms with E-state index in [1.165, 1.54) is 6.21 Å². The molecule has 2 nitrogen and oxygen atoms in total. The molecule has 4 heteroatoms. The summed E-state index contributed by atoms with van der Waals surface area (Å²) in [7, 11) is 0. The standard InChI is InChI=1S/C7H6BrIN2/c8-5-1-4(3-10)7(11)6(9)2-5/h1-3,10H,11H2/p+1. The number of hydrogen-bond acceptors (Lipinski definition) is 1. The Bertz CT molecular complexity index is 299. The Labute approximate surface area is 87.0 Å². The lowest BCUT2D eigenvalue weighted by atomic mass is 10.2. The van der Waals surface area contributed by atoms with Gasteiger partial charge in [-0.1, -0.05) is 15.9 Å². The summed E-state index contributed by atoms with van der Waals surface area (Å²) in [5, 5.41) is 5.36.